The summed E-state index contributed by atoms with van der Waals surface area (Å²) in [5, 5.41) is 3.17. The highest BCUT2D eigenvalue weighted by molar-refractivity contribution is 9.10. The van der Waals surface area contributed by atoms with Crippen molar-refractivity contribution < 1.29 is 23.9 Å². The molecular weight excluding hydrogens is 488 g/mol. The van der Waals surface area contributed by atoms with E-state index in [1.807, 2.05) is 13.0 Å². The van der Waals surface area contributed by atoms with Gasteiger partial charge in [0.1, 0.15) is 5.75 Å². The zero-order valence-corrected chi connectivity index (χ0v) is 19.5. The van der Waals surface area contributed by atoms with Crippen LogP contribution in [0.15, 0.2) is 40.9 Å². The Bertz CT molecular complexity index is 1010. The van der Waals surface area contributed by atoms with Gasteiger partial charge < -0.3 is 19.7 Å². The Morgan fingerprint density at radius 3 is 2.74 bits per heavy atom. The van der Waals surface area contributed by atoms with E-state index in [9.17, 15) is 14.4 Å². The second-order valence-electron chi connectivity index (χ2n) is 7.00. The summed E-state index contributed by atoms with van der Waals surface area (Å²) >= 11 is 9.48. The molecule has 1 aliphatic rings. The quantitative estimate of drug-likeness (QED) is 0.561. The van der Waals surface area contributed by atoms with Crippen molar-refractivity contribution in [2.75, 3.05) is 30.0 Å². The zero-order valence-electron chi connectivity index (χ0n) is 17.1. The molecule has 0 aliphatic carbocycles. The van der Waals surface area contributed by atoms with Crippen LogP contribution in [0, 0.1) is 12.8 Å². The van der Waals surface area contributed by atoms with Gasteiger partial charge in [0.25, 0.3) is 5.91 Å². The number of nitrogens with zero attached hydrogens (tertiary/aromatic N) is 1. The van der Waals surface area contributed by atoms with Crippen LogP contribution < -0.4 is 15.0 Å². The fraction of sp³-hybridized carbons (Fsp3) is 0.318. The molecule has 0 saturated carbocycles. The molecule has 9 heteroatoms. The van der Waals surface area contributed by atoms with Crippen LogP contribution in [0.25, 0.3) is 0 Å². The van der Waals surface area contributed by atoms with Gasteiger partial charge in [0.05, 0.1) is 23.2 Å². The monoisotopic (exact) mass is 508 g/mol. The van der Waals surface area contributed by atoms with Gasteiger partial charge in [0, 0.05) is 23.1 Å². The smallest absolute Gasteiger partial charge is 0.311 e. The fourth-order valence-electron chi connectivity index (χ4n) is 3.28. The van der Waals surface area contributed by atoms with Crippen molar-refractivity contribution in [3.63, 3.8) is 0 Å². The average molecular weight is 510 g/mol. The third-order valence-corrected chi connectivity index (χ3v) is 6.25. The van der Waals surface area contributed by atoms with Gasteiger partial charge in [-0.2, -0.15) is 0 Å². The number of halogens is 2. The maximum absolute atomic E-state index is 12.5. The molecule has 7 nitrogen and oxygen atoms in total. The van der Waals surface area contributed by atoms with Crippen molar-refractivity contribution in [2.24, 2.45) is 5.92 Å². The van der Waals surface area contributed by atoms with Gasteiger partial charge in [0.15, 0.2) is 6.61 Å². The van der Waals surface area contributed by atoms with E-state index in [2.05, 4.69) is 21.2 Å². The first-order chi connectivity index (χ1) is 14.8. The Morgan fingerprint density at radius 1 is 1.26 bits per heavy atom. The molecular formula is C22H22BrClN2O5. The fourth-order valence-corrected chi connectivity index (χ4v) is 3.88. The molecule has 1 aliphatic heterocycles. The van der Waals surface area contributed by atoms with Crippen LogP contribution in [0.4, 0.5) is 11.4 Å². The van der Waals surface area contributed by atoms with Gasteiger partial charge in [-0.15, -0.1) is 0 Å². The lowest BCUT2D eigenvalue weighted by molar-refractivity contribution is -0.151. The molecule has 1 fully saturated rings. The summed E-state index contributed by atoms with van der Waals surface area (Å²) < 4.78 is 11.5. The van der Waals surface area contributed by atoms with E-state index in [4.69, 9.17) is 21.1 Å². The number of benzene rings is 2. The first-order valence-corrected chi connectivity index (χ1v) is 10.9. The molecule has 0 radical (unpaired) electrons. The van der Waals surface area contributed by atoms with Gasteiger partial charge in [0.2, 0.25) is 5.91 Å². The minimum Gasteiger partial charge on any atom is -0.492 e. The molecule has 0 spiro atoms. The number of hydrogen-bond donors (Lipinski definition) is 1. The number of amides is 2. The van der Waals surface area contributed by atoms with Crippen LogP contribution in [-0.2, 0) is 19.1 Å². The Hall–Kier alpha value is -2.58. The summed E-state index contributed by atoms with van der Waals surface area (Å²) in [6.45, 7) is 3.81. The molecule has 2 aromatic rings. The number of hydrogen-bond acceptors (Lipinski definition) is 5. The normalized spacial score (nSPS) is 15.7. The predicted molar refractivity (Wildman–Crippen MR) is 122 cm³/mol. The summed E-state index contributed by atoms with van der Waals surface area (Å²) in [6.07, 6.45) is 0.0162. The number of carbonyl (C=O) groups excluding carboxylic acids is 3. The third-order valence-electron chi connectivity index (χ3n) is 4.87. The number of ether oxygens (including phenoxy) is 2. The molecule has 31 heavy (non-hydrogen) atoms. The van der Waals surface area contributed by atoms with Crippen molar-refractivity contribution in [3.05, 3.63) is 51.5 Å². The molecule has 2 amide bonds. The van der Waals surface area contributed by atoms with Crippen molar-refractivity contribution in [1.82, 2.24) is 0 Å². The van der Waals surface area contributed by atoms with E-state index in [0.717, 1.165) is 4.47 Å². The number of carbonyl (C=O) groups is 3. The van der Waals surface area contributed by atoms with Gasteiger partial charge >= 0.3 is 5.97 Å². The minimum atomic E-state index is -0.654. The largest absolute Gasteiger partial charge is 0.492 e. The molecule has 2 aromatic carbocycles. The van der Waals surface area contributed by atoms with Crippen molar-refractivity contribution in [2.45, 2.75) is 20.3 Å². The summed E-state index contributed by atoms with van der Waals surface area (Å²) in [6, 6.07) is 10.6. The molecule has 1 heterocycles. The second kappa shape index (κ2) is 10.2. The Labute approximate surface area is 193 Å². The van der Waals surface area contributed by atoms with E-state index in [-0.39, 0.29) is 18.9 Å². The third kappa shape index (κ3) is 5.37. The highest BCUT2D eigenvalue weighted by atomic mass is 79.9. The Morgan fingerprint density at radius 2 is 2.00 bits per heavy atom. The van der Waals surface area contributed by atoms with Crippen LogP contribution in [0.2, 0.25) is 5.02 Å². The lowest BCUT2D eigenvalue weighted by atomic mass is 10.1. The molecule has 0 bridgehead atoms. The number of nitrogens with one attached hydrogen (secondary N) is 1. The van der Waals surface area contributed by atoms with Crippen LogP contribution in [0.5, 0.6) is 5.75 Å². The molecule has 0 unspecified atom stereocenters. The maximum atomic E-state index is 12.5. The summed E-state index contributed by atoms with van der Waals surface area (Å²) in [5.74, 6) is -1.35. The van der Waals surface area contributed by atoms with E-state index in [1.54, 1.807) is 37.3 Å². The lowest BCUT2D eigenvalue weighted by Gasteiger charge is -2.20. The van der Waals surface area contributed by atoms with Crippen molar-refractivity contribution >= 4 is 56.7 Å². The molecule has 1 N–H and O–H groups in total. The standard InChI is InChI=1S/C22H22BrClN2O5/c1-3-30-18-7-5-4-6-17(18)26-11-14(10-20(26)28)22(29)31-12-19(27)25-16-9-8-15(23)21(24)13(16)2/h4-9,14H,3,10-12H2,1-2H3,(H,25,27)/t14-/m0/s1. The number of anilines is 2. The van der Waals surface area contributed by atoms with Crippen LogP contribution in [0.3, 0.4) is 0 Å². The molecule has 1 saturated heterocycles. The summed E-state index contributed by atoms with van der Waals surface area (Å²) in [4.78, 5) is 38.7. The minimum absolute atomic E-state index is 0.0162. The van der Waals surface area contributed by atoms with E-state index in [0.29, 0.717) is 34.3 Å². The van der Waals surface area contributed by atoms with Gasteiger partial charge in [-0.3, -0.25) is 14.4 Å². The van der Waals surface area contributed by atoms with E-state index < -0.39 is 24.4 Å². The number of para-hydroxylation sites is 2. The molecule has 1 atom stereocenters. The highest BCUT2D eigenvalue weighted by Crippen LogP contribution is 2.33. The molecule has 3 rings (SSSR count). The average Bonchev–Trinajstić information content (AvgIpc) is 3.14. The first kappa shape index (κ1) is 23.1. The molecule has 164 valence electrons. The summed E-state index contributed by atoms with van der Waals surface area (Å²) in [5.41, 5.74) is 1.84. The predicted octanol–water partition coefficient (Wildman–Crippen LogP) is 4.34. The van der Waals surface area contributed by atoms with E-state index in [1.165, 1.54) is 4.90 Å². The SMILES string of the molecule is CCOc1ccccc1N1C[C@@H](C(=O)OCC(=O)Nc2ccc(Br)c(Cl)c2C)CC1=O. The molecule has 0 aromatic heterocycles. The summed E-state index contributed by atoms with van der Waals surface area (Å²) in [7, 11) is 0. The first-order valence-electron chi connectivity index (χ1n) is 9.75. The van der Waals surface area contributed by atoms with Crippen LogP contribution in [-0.4, -0.2) is 37.5 Å². The zero-order chi connectivity index (χ0) is 22.5. The lowest BCUT2D eigenvalue weighted by Crippen LogP contribution is -2.28. The van der Waals surface area contributed by atoms with Crippen LogP contribution in [0.1, 0.15) is 18.9 Å². The van der Waals surface area contributed by atoms with Crippen molar-refractivity contribution in [3.8, 4) is 5.75 Å². The van der Waals surface area contributed by atoms with Gasteiger partial charge in [-0.05, 0) is 59.6 Å². The second-order valence-corrected chi connectivity index (χ2v) is 8.23. The van der Waals surface area contributed by atoms with Crippen LogP contribution >= 0.6 is 27.5 Å². The topological polar surface area (TPSA) is 84.9 Å². The maximum Gasteiger partial charge on any atom is 0.311 e. The number of esters is 1. The van der Waals surface area contributed by atoms with Gasteiger partial charge in [-0.1, -0.05) is 23.7 Å². The highest BCUT2D eigenvalue weighted by Gasteiger charge is 2.37. The Balaban J connectivity index is 1.58. The van der Waals surface area contributed by atoms with Gasteiger partial charge in [-0.25, -0.2) is 0 Å². The Kier molecular flexibility index (Phi) is 7.56. The van der Waals surface area contributed by atoms with Crippen molar-refractivity contribution in [1.29, 1.82) is 0 Å². The van der Waals surface area contributed by atoms with E-state index >= 15 is 0 Å². The number of rotatable bonds is 7.